The zero-order valence-corrected chi connectivity index (χ0v) is 24.8. The number of rotatable bonds is 7. The molecular formula is C30H27N7O3S2. The average Bonchev–Trinajstić information content (AvgIpc) is 3.43. The van der Waals surface area contributed by atoms with E-state index >= 15 is 0 Å². The third-order valence-corrected chi connectivity index (χ3v) is 9.08. The number of nitriles is 2. The Bertz CT molecular complexity index is 1710. The van der Waals surface area contributed by atoms with Gasteiger partial charge in [-0.05, 0) is 42.2 Å². The number of Topliss-reactive ketones (excluding diaryl/α,β-unsaturated/α-hetero) is 1. The molecule has 2 heterocycles. The number of allylic oxidation sites excluding steroid dienone is 3. The first-order valence-corrected chi connectivity index (χ1v) is 14.8. The van der Waals surface area contributed by atoms with E-state index in [1.54, 1.807) is 42.3 Å². The normalized spacial score (nSPS) is 17.8. The Balaban J connectivity index is 1.46. The minimum absolute atomic E-state index is 0.0546. The fraction of sp³-hybridized carbons (Fsp3) is 0.267. The second-order valence-electron chi connectivity index (χ2n) is 10.6. The molecule has 0 fully saturated rings. The van der Waals surface area contributed by atoms with Crippen molar-refractivity contribution in [1.29, 1.82) is 10.5 Å². The lowest BCUT2D eigenvalue weighted by Crippen LogP contribution is -2.42. The van der Waals surface area contributed by atoms with Gasteiger partial charge in [0.1, 0.15) is 11.6 Å². The van der Waals surface area contributed by atoms with Gasteiger partial charge >= 0.3 is 0 Å². The van der Waals surface area contributed by atoms with Gasteiger partial charge in [-0.25, -0.2) is 0 Å². The number of carbonyl (C=O) groups excluding carboxylic acids is 2. The minimum atomic E-state index is -0.673. The second kappa shape index (κ2) is 11.7. The Labute approximate surface area is 251 Å². The number of aromatic nitrogens is 2. The monoisotopic (exact) mass is 597 g/mol. The summed E-state index contributed by atoms with van der Waals surface area (Å²) in [5.74, 6) is -0.137. The van der Waals surface area contributed by atoms with Crippen LogP contribution in [0.15, 0.2) is 75.5 Å². The molecule has 1 atom stereocenters. The molecule has 1 aliphatic heterocycles. The SMILES string of the molecule is COc1ccccc1C1C(C#N)=C(N)N(c2nnc(SCC(=O)Nc3ccc(C#N)cc3)s2)C2=C1C(=O)CC(C)(C)C2. The predicted octanol–water partition coefficient (Wildman–Crippen LogP) is 5.09. The first kappa shape index (κ1) is 28.9. The molecule has 1 aliphatic carbocycles. The van der Waals surface area contributed by atoms with Gasteiger partial charge in [-0.3, -0.25) is 14.5 Å². The molecule has 1 aromatic heterocycles. The van der Waals surface area contributed by atoms with Crippen LogP contribution in [-0.4, -0.2) is 34.8 Å². The van der Waals surface area contributed by atoms with Crippen molar-refractivity contribution in [2.75, 3.05) is 23.1 Å². The molecule has 0 bridgehead atoms. The minimum Gasteiger partial charge on any atom is -0.496 e. The van der Waals surface area contributed by atoms with Crippen LogP contribution in [0.2, 0.25) is 0 Å². The van der Waals surface area contributed by atoms with Gasteiger partial charge in [0.25, 0.3) is 0 Å². The number of thioether (sulfide) groups is 1. The standard InChI is InChI=1S/C30H27N7O3S2/c1-30(2)12-21-26(22(38)13-30)25(19-6-4-5-7-23(19)40-3)20(15-32)27(33)37(21)28-35-36-29(42-28)41-16-24(39)34-18-10-8-17(14-31)9-11-18/h4-11,25H,12-13,16,33H2,1-3H3,(H,34,39). The highest BCUT2D eigenvalue weighted by molar-refractivity contribution is 8.01. The summed E-state index contributed by atoms with van der Waals surface area (Å²) >= 11 is 2.44. The molecule has 2 aliphatic rings. The topological polar surface area (TPSA) is 158 Å². The Morgan fingerprint density at radius 1 is 1.17 bits per heavy atom. The number of nitrogens with one attached hydrogen (secondary N) is 1. The highest BCUT2D eigenvalue weighted by atomic mass is 32.2. The van der Waals surface area contributed by atoms with Gasteiger partial charge in [-0.15, -0.1) is 10.2 Å². The fourth-order valence-corrected chi connectivity index (χ4v) is 6.93. The number of hydrogen-bond acceptors (Lipinski definition) is 11. The van der Waals surface area contributed by atoms with Crippen molar-refractivity contribution in [1.82, 2.24) is 10.2 Å². The van der Waals surface area contributed by atoms with E-state index in [4.69, 9.17) is 15.7 Å². The first-order chi connectivity index (χ1) is 20.2. The van der Waals surface area contributed by atoms with Crippen molar-refractivity contribution in [3.8, 4) is 17.9 Å². The number of anilines is 2. The van der Waals surface area contributed by atoms with Crippen molar-refractivity contribution in [2.24, 2.45) is 11.1 Å². The quantitative estimate of drug-likeness (QED) is 0.351. The lowest BCUT2D eigenvalue weighted by molar-refractivity contribution is -0.118. The first-order valence-electron chi connectivity index (χ1n) is 13.0. The molecule has 1 unspecified atom stereocenters. The molecule has 212 valence electrons. The summed E-state index contributed by atoms with van der Waals surface area (Å²) in [5.41, 5.74) is 9.59. The molecule has 2 aromatic carbocycles. The Morgan fingerprint density at radius 2 is 1.90 bits per heavy atom. The van der Waals surface area contributed by atoms with Gasteiger partial charge in [0.15, 0.2) is 10.1 Å². The lowest BCUT2D eigenvalue weighted by atomic mass is 9.68. The van der Waals surface area contributed by atoms with Crippen molar-refractivity contribution in [3.63, 3.8) is 0 Å². The highest BCUT2D eigenvalue weighted by Crippen LogP contribution is 2.52. The van der Waals surface area contributed by atoms with E-state index in [1.807, 2.05) is 38.1 Å². The molecule has 0 saturated heterocycles. The number of carbonyl (C=O) groups is 2. The molecule has 3 N–H and O–H groups in total. The third-order valence-electron chi connectivity index (χ3n) is 7.04. The van der Waals surface area contributed by atoms with Gasteiger partial charge in [-0.2, -0.15) is 10.5 Å². The summed E-state index contributed by atoms with van der Waals surface area (Å²) in [5, 5.41) is 31.1. The van der Waals surface area contributed by atoms with Crippen molar-refractivity contribution >= 4 is 45.6 Å². The molecule has 5 rings (SSSR count). The lowest BCUT2D eigenvalue weighted by Gasteiger charge is -2.42. The highest BCUT2D eigenvalue weighted by Gasteiger charge is 2.46. The fourth-order valence-electron chi connectivity index (χ4n) is 5.25. The van der Waals surface area contributed by atoms with Crippen LogP contribution in [0.3, 0.4) is 0 Å². The van der Waals surface area contributed by atoms with Crippen molar-refractivity contribution in [3.05, 3.63) is 82.3 Å². The maximum absolute atomic E-state index is 13.7. The number of amides is 1. The van der Waals surface area contributed by atoms with Crippen LogP contribution in [0, 0.1) is 28.1 Å². The van der Waals surface area contributed by atoms with Crippen LogP contribution in [0.25, 0.3) is 0 Å². The van der Waals surface area contributed by atoms with Crippen molar-refractivity contribution in [2.45, 2.75) is 36.9 Å². The van der Waals surface area contributed by atoms with Crippen LogP contribution >= 0.6 is 23.1 Å². The van der Waals surface area contributed by atoms with E-state index in [0.717, 1.165) is 0 Å². The summed E-state index contributed by atoms with van der Waals surface area (Å²) in [6, 6.07) is 18.2. The second-order valence-corrected chi connectivity index (χ2v) is 12.8. The smallest absolute Gasteiger partial charge is 0.234 e. The van der Waals surface area contributed by atoms with E-state index in [0.29, 0.717) is 56.1 Å². The van der Waals surface area contributed by atoms with Crippen LogP contribution in [0.4, 0.5) is 10.8 Å². The predicted molar refractivity (Wildman–Crippen MR) is 161 cm³/mol. The van der Waals surface area contributed by atoms with Gasteiger partial charge in [0, 0.05) is 28.9 Å². The summed E-state index contributed by atoms with van der Waals surface area (Å²) in [6.07, 6.45) is 0.865. The number of para-hydroxylation sites is 1. The average molecular weight is 598 g/mol. The molecule has 1 amide bonds. The van der Waals surface area contributed by atoms with Crippen LogP contribution < -0.4 is 20.7 Å². The molecule has 10 nitrogen and oxygen atoms in total. The summed E-state index contributed by atoms with van der Waals surface area (Å²) < 4.78 is 6.13. The largest absolute Gasteiger partial charge is 0.496 e. The third kappa shape index (κ3) is 5.59. The zero-order valence-electron chi connectivity index (χ0n) is 23.2. The summed E-state index contributed by atoms with van der Waals surface area (Å²) in [7, 11) is 1.55. The zero-order chi connectivity index (χ0) is 30.0. The Morgan fingerprint density at radius 3 is 2.60 bits per heavy atom. The molecular weight excluding hydrogens is 571 g/mol. The van der Waals surface area contributed by atoms with E-state index in [1.165, 1.54) is 23.1 Å². The number of benzene rings is 2. The van der Waals surface area contributed by atoms with Crippen molar-refractivity contribution < 1.29 is 14.3 Å². The molecule has 0 saturated carbocycles. The van der Waals surface area contributed by atoms with E-state index in [2.05, 4.69) is 21.6 Å². The van der Waals surface area contributed by atoms with E-state index in [-0.39, 0.29) is 34.3 Å². The number of ether oxygens (including phenoxy) is 1. The molecule has 0 spiro atoms. The van der Waals surface area contributed by atoms with Crippen LogP contribution in [0.5, 0.6) is 5.75 Å². The van der Waals surface area contributed by atoms with Crippen LogP contribution in [0.1, 0.15) is 43.7 Å². The number of ketones is 1. The van der Waals surface area contributed by atoms with Gasteiger partial charge < -0.3 is 15.8 Å². The number of nitrogens with two attached hydrogens (primary N) is 1. The maximum atomic E-state index is 13.7. The van der Waals surface area contributed by atoms with Gasteiger partial charge in [-0.1, -0.05) is 55.1 Å². The Hall–Kier alpha value is -4.65. The van der Waals surface area contributed by atoms with Gasteiger partial charge in [0.2, 0.25) is 11.0 Å². The Kier molecular flexibility index (Phi) is 8.03. The van der Waals surface area contributed by atoms with E-state index < -0.39 is 5.92 Å². The molecule has 3 aromatic rings. The van der Waals surface area contributed by atoms with E-state index in [9.17, 15) is 14.9 Å². The molecule has 0 radical (unpaired) electrons. The molecule has 42 heavy (non-hydrogen) atoms. The summed E-state index contributed by atoms with van der Waals surface area (Å²) in [4.78, 5) is 28.0. The molecule has 12 heteroatoms. The number of hydrogen-bond donors (Lipinski definition) is 2. The summed E-state index contributed by atoms with van der Waals surface area (Å²) in [6.45, 7) is 4.05. The maximum Gasteiger partial charge on any atom is 0.234 e. The van der Waals surface area contributed by atoms with Crippen LogP contribution in [-0.2, 0) is 9.59 Å². The van der Waals surface area contributed by atoms with Gasteiger partial charge in [0.05, 0.1) is 42.1 Å². The number of nitrogens with zero attached hydrogens (tertiary/aromatic N) is 5. The number of methoxy groups -OCH3 is 1.